The fourth-order valence-electron chi connectivity index (χ4n) is 2.44. The van der Waals surface area contributed by atoms with Crippen LogP contribution >= 0.6 is 0 Å². The molecule has 2 rings (SSSR count). The fraction of sp³-hybridized carbons (Fsp3) is 0.438. The van der Waals surface area contributed by atoms with Gasteiger partial charge in [0.15, 0.2) is 0 Å². The summed E-state index contributed by atoms with van der Waals surface area (Å²) in [6.45, 7) is 9.36. The van der Waals surface area contributed by atoms with Crippen LogP contribution in [0.1, 0.15) is 29.4 Å². The molecular weight excluding hydrogens is 298 g/mol. The Kier molecular flexibility index (Phi) is 5.03. The van der Waals surface area contributed by atoms with Crippen LogP contribution in [0.4, 0.5) is 0 Å². The molecule has 0 saturated carbocycles. The number of aryl methyl sites for hydroxylation is 2. The number of likely N-dealkylation sites (N-methyl/N-ethyl adjacent to an activating group) is 1. The Balaban J connectivity index is 2.40. The Bertz CT molecular complexity index is 746. The van der Waals surface area contributed by atoms with Crippen molar-refractivity contribution in [2.24, 2.45) is 0 Å². The number of nitrogens with zero attached hydrogens (tertiary/aromatic N) is 2. The Morgan fingerprint density at radius 1 is 1.14 bits per heavy atom. The molecule has 0 saturated heterocycles. The number of hydrogen-bond acceptors (Lipinski definition) is 4. The second kappa shape index (κ2) is 6.62. The van der Waals surface area contributed by atoms with E-state index in [1.807, 2.05) is 27.7 Å². The molecule has 0 amide bonds. The van der Waals surface area contributed by atoms with Crippen LogP contribution in [0, 0.1) is 20.8 Å². The molecule has 2 aromatic rings. The van der Waals surface area contributed by atoms with E-state index in [-0.39, 0.29) is 4.90 Å². The average Bonchev–Trinajstić information content (AvgIpc) is 2.76. The molecule has 0 radical (unpaired) electrons. The van der Waals surface area contributed by atoms with E-state index >= 15 is 0 Å². The van der Waals surface area contributed by atoms with E-state index in [0.29, 0.717) is 5.69 Å². The van der Waals surface area contributed by atoms with E-state index in [4.69, 9.17) is 0 Å². The summed E-state index contributed by atoms with van der Waals surface area (Å²) in [5.74, 6) is 0. The first-order chi connectivity index (χ1) is 10.4. The molecule has 0 atom stereocenters. The van der Waals surface area contributed by atoms with Gasteiger partial charge in [-0.25, -0.2) is 0 Å². The van der Waals surface area contributed by atoms with Crippen molar-refractivity contribution >= 4 is 10.0 Å². The van der Waals surface area contributed by atoms with Crippen molar-refractivity contribution in [2.75, 3.05) is 13.1 Å². The van der Waals surface area contributed by atoms with E-state index in [1.54, 1.807) is 24.3 Å². The number of hydrogen-bond donors (Lipinski definition) is 1. The maximum Gasteiger partial charge on any atom is 0.283 e. The third-order valence-corrected chi connectivity index (χ3v) is 5.43. The lowest BCUT2D eigenvalue weighted by Crippen LogP contribution is -2.18. The summed E-state index contributed by atoms with van der Waals surface area (Å²) < 4.78 is 26.7. The lowest BCUT2D eigenvalue weighted by atomic mass is 10.1. The molecule has 1 N–H and O–H groups in total. The minimum Gasteiger partial charge on any atom is -0.317 e. The van der Waals surface area contributed by atoms with Crippen molar-refractivity contribution in [3.05, 3.63) is 46.8 Å². The van der Waals surface area contributed by atoms with Gasteiger partial charge in [0.25, 0.3) is 10.0 Å². The number of benzene rings is 1. The van der Waals surface area contributed by atoms with Crippen LogP contribution in [0.3, 0.4) is 0 Å². The highest BCUT2D eigenvalue weighted by atomic mass is 32.2. The van der Waals surface area contributed by atoms with Crippen molar-refractivity contribution < 1.29 is 8.42 Å². The first kappa shape index (κ1) is 16.7. The van der Waals surface area contributed by atoms with Crippen LogP contribution in [0.15, 0.2) is 29.2 Å². The highest BCUT2D eigenvalue weighted by Crippen LogP contribution is 2.20. The standard InChI is InChI=1S/C16H23N3O2S/c1-5-17-11-10-16-13(3)18-19(14(16)4)22(20,21)15-8-6-12(2)7-9-15/h6-9,17H,5,10-11H2,1-4H3. The molecule has 1 aromatic carbocycles. The summed E-state index contributed by atoms with van der Waals surface area (Å²) in [5, 5.41) is 7.51. The molecule has 5 nitrogen and oxygen atoms in total. The van der Waals surface area contributed by atoms with Crippen molar-refractivity contribution in [3.8, 4) is 0 Å². The largest absolute Gasteiger partial charge is 0.317 e. The maximum absolute atomic E-state index is 12.7. The molecule has 0 bridgehead atoms. The number of aromatic nitrogens is 2. The summed E-state index contributed by atoms with van der Waals surface area (Å²) in [7, 11) is -3.63. The van der Waals surface area contributed by atoms with E-state index < -0.39 is 10.0 Å². The van der Waals surface area contributed by atoms with E-state index in [9.17, 15) is 8.42 Å². The van der Waals surface area contributed by atoms with Crippen LogP contribution in [-0.4, -0.2) is 30.7 Å². The molecule has 0 unspecified atom stereocenters. The Labute approximate surface area is 132 Å². The second-order valence-electron chi connectivity index (χ2n) is 5.41. The van der Waals surface area contributed by atoms with Gasteiger partial charge in [-0.2, -0.15) is 17.6 Å². The first-order valence-corrected chi connectivity index (χ1v) is 8.90. The summed E-state index contributed by atoms with van der Waals surface area (Å²) in [4.78, 5) is 0.266. The third-order valence-electron chi connectivity index (χ3n) is 3.75. The molecule has 1 heterocycles. The van der Waals surface area contributed by atoms with Gasteiger partial charge < -0.3 is 5.32 Å². The molecule has 0 aliphatic rings. The van der Waals surface area contributed by atoms with Gasteiger partial charge in [0, 0.05) is 0 Å². The van der Waals surface area contributed by atoms with Crippen LogP contribution in [0.25, 0.3) is 0 Å². The van der Waals surface area contributed by atoms with Crippen molar-refractivity contribution in [2.45, 2.75) is 39.0 Å². The molecule has 120 valence electrons. The van der Waals surface area contributed by atoms with Gasteiger partial charge in [-0.3, -0.25) is 0 Å². The molecule has 0 spiro atoms. The normalized spacial score (nSPS) is 11.8. The van der Waals surface area contributed by atoms with Gasteiger partial charge in [0.05, 0.1) is 16.3 Å². The quantitative estimate of drug-likeness (QED) is 0.829. The van der Waals surface area contributed by atoms with Gasteiger partial charge in [-0.15, -0.1) is 0 Å². The molecule has 0 aliphatic heterocycles. The number of rotatable bonds is 6. The summed E-state index contributed by atoms with van der Waals surface area (Å²) >= 11 is 0. The lowest BCUT2D eigenvalue weighted by molar-refractivity contribution is 0.577. The lowest BCUT2D eigenvalue weighted by Gasteiger charge is -2.08. The van der Waals surface area contributed by atoms with Gasteiger partial charge in [-0.1, -0.05) is 24.6 Å². The van der Waals surface area contributed by atoms with Crippen LogP contribution in [0.2, 0.25) is 0 Å². The van der Waals surface area contributed by atoms with E-state index in [2.05, 4.69) is 10.4 Å². The van der Waals surface area contributed by atoms with E-state index in [1.165, 1.54) is 0 Å². The fourth-order valence-corrected chi connectivity index (χ4v) is 3.83. The highest BCUT2D eigenvalue weighted by Gasteiger charge is 2.23. The molecular formula is C16H23N3O2S. The van der Waals surface area contributed by atoms with Gasteiger partial charge in [0.2, 0.25) is 0 Å². The topological polar surface area (TPSA) is 64.0 Å². The zero-order valence-electron chi connectivity index (χ0n) is 13.5. The number of nitrogens with one attached hydrogen (secondary N) is 1. The first-order valence-electron chi connectivity index (χ1n) is 7.46. The van der Waals surface area contributed by atoms with Gasteiger partial charge in [0.1, 0.15) is 0 Å². The SMILES string of the molecule is CCNCCc1c(C)nn(S(=O)(=O)c2ccc(C)cc2)c1C. The van der Waals surface area contributed by atoms with Gasteiger partial charge >= 0.3 is 0 Å². The van der Waals surface area contributed by atoms with Crippen LogP contribution < -0.4 is 5.32 Å². The molecule has 0 aliphatic carbocycles. The zero-order valence-corrected chi connectivity index (χ0v) is 14.4. The van der Waals surface area contributed by atoms with Crippen molar-refractivity contribution in [3.63, 3.8) is 0 Å². The second-order valence-corrected chi connectivity index (χ2v) is 7.18. The Morgan fingerprint density at radius 3 is 2.36 bits per heavy atom. The minimum atomic E-state index is -3.63. The average molecular weight is 321 g/mol. The van der Waals surface area contributed by atoms with Crippen LogP contribution in [-0.2, 0) is 16.4 Å². The monoisotopic (exact) mass is 321 g/mol. The Morgan fingerprint density at radius 2 is 1.77 bits per heavy atom. The summed E-state index contributed by atoms with van der Waals surface area (Å²) in [6.07, 6.45) is 0.773. The van der Waals surface area contributed by atoms with Crippen molar-refractivity contribution in [1.29, 1.82) is 0 Å². The smallest absolute Gasteiger partial charge is 0.283 e. The summed E-state index contributed by atoms with van der Waals surface area (Å²) in [6, 6.07) is 6.84. The van der Waals surface area contributed by atoms with Crippen LogP contribution in [0.5, 0.6) is 0 Å². The molecule has 22 heavy (non-hydrogen) atoms. The predicted molar refractivity (Wildman–Crippen MR) is 87.7 cm³/mol. The van der Waals surface area contributed by atoms with Gasteiger partial charge in [-0.05, 0) is 58.0 Å². The molecule has 6 heteroatoms. The summed E-state index contributed by atoms with van der Waals surface area (Å²) in [5.41, 5.74) is 3.48. The van der Waals surface area contributed by atoms with E-state index in [0.717, 1.165) is 40.4 Å². The molecule has 0 fully saturated rings. The third kappa shape index (κ3) is 3.23. The Hall–Kier alpha value is -1.66. The van der Waals surface area contributed by atoms with Crippen molar-refractivity contribution in [1.82, 2.24) is 14.5 Å². The zero-order chi connectivity index (χ0) is 16.3. The maximum atomic E-state index is 12.7. The highest BCUT2D eigenvalue weighted by molar-refractivity contribution is 7.89. The minimum absolute atomic E-state index is 0.266. The molecule has 1 aromatic heterocycles. The predicted octanol–water partition coefficient (Wildman–Crippen LogP) is 2.20.